The fourth-order valence-electron chi connectivity index (χ4n) is 1.80. The summed E-state index contributed by atoms with van der Waals surface area (Å²) in [4.78, 5) is 11.5. The standard InChI is InChI=1S/C12H16N2O2.ClH/c1-16-7-5-12(15)14-10-2-3-11-9(8-10)4-6-13-11;/h2-3,8,13H,4-7H2,1H3,(H,14,15);1H. The number of carbonyl (C=O) groups is 1. The zero-order chi connectivity index (χ0) is 11.4. The number of amides is 1. The fraction of sp³-hybridized carbons (Fsp3) is 0.417. The number of halogens is 1. The average Bonchev–Trinajstić information content (AvgIpc) is 2.73. The van der Waals surface area contributed by atoms with Crippen molar-refractivity contribution < 1.29 is 9.53 Å². The van der Waals surface area contributed by atoms with E-state index in [0.29, 0.717) is 13.0 Å². The molecule has 1 heterocycles. The minimum Gasteiger partial charge on any atom is -0.384 e. The second kappa shape index (κ2) is 6.47. The maximum Gasteiger partial charge on any atom is 0.226 e. The van der Waals surface area contributed by atoms with Crippen molar-refractivity contribution in [2.75, 3.05) is 30.9 Å². The molecule has 4 nitrogen and oxygen atoms in total. The Bertz CT molecular complexity index is 396. The summed E-state index contributed by atoms with van der Waals surface area (Å²) in [5.41, 5.74) is 3.31. The van der Waals surface area contributed by atoms with Crippen molar-refractivity contribution >= 4 is 29.7 Å². The predicted octanol–water partition coefficient (Wildman–Crippen LogP) is 2.05. The molecule has 0 spiro atoms. The van der Waals surface area contributed by atoms with Gasteiger partial charge in [-0.2, -0.15) is 0 Å². The first kappa shape index (κ1) is 13.8. The van der Waals surface area contributed by atoms with E-state index in [1.807, 2.05) is 18.2 Å². The van der Waals surface area contributed by atoms with Gasteiger partial charge in [0.05, 0.1) is 13.0 Å². The van der Waals surface area contributed by atoms with E-state index in [1.165, 1.54) is 11.3 Å². The van der Waals surface area contributed by atoms with Gasteiger partial charge in [0, 0.05) is 25.0 Å². The van der Waals surface area contributed by atoms with Crippen LogP contribution in [0.15, 0.2) is 18.2 Å². The molecule has 2 N–H and O–H groups in total. The number of benzene rings is 1. The zero-order valence-electron chi connectivity index (χ0n) is 9.79. The number of rotatable bonds is 4. The van der Waals surface area contributed by atoms with E-state index in [4.69, 9.17) is 4.74 Å². The van der Waals surface area contributed by atoms with Crippen LogP contribution in [0, 0.1) is 0 Å². The van der Waals surface area contributed by atoms with Gasteiger partial charge in [-0.3, -0.25) is 4.79 Å². The number of anilines is 2. The number of fused-ring (bicyclic) bond motifs is 1. The Kier molecular flexibility index (Phi) is 5.25. The van der Waals surface area contributed by atoms with Crippen LogP contribution in [0.4, 0.5) is 11.4 Å². The molecule has 1 aliphatic rings. The Hall–Kier alpha value is -1.26. The third kappa shape index (κ3) is 3.61. The van der Waals surface area contributed by atoms with E-state index in [2.05, 4.69) is 10.6 Å². The smallest absolute Gasteiger partial charge is 0.226 e. The van der Waals surface area contributed by atoms with Crippen molar-refractivity contribution in [2.45, 2.75) is 12.8 Å². The molecular weight excluding hydrogens is 240 g/mol. The third-order valence-electron chi connectivity index (χ3n) is 2.63. The molecule has 94 valence electrons. The zero-order valence-corrected chi connectivity index (χ0v) is 10.6. The topological polar surface area (TPSA) is 50.4 Å². The fourth-order valence-corrected chi connectivity index (χ4v) is 1.80. The monoisotopic (exact) mass is 256 g/mol. The first-order valence-corrected chi connectivity index (χ1v) is 5.45. The highest BCUT2D eigenvalue weighted by Crippen LogP contribution is 2.25. The van der Waals surface area contributed by atoms with Crippen LogP contribution in [-0.4, -0.2) is 26.2 Å². The van der Waals surface area contributed by atoms with E-state index < -0.39 is 0 Å². The highest BCUT2D eigenvalue weighted by molar-refractivity contribution is 5.91. The highest BCUT2D eigenvalue weighted by atomic mass is 35.5. The number of hydrogen-bond acceptors (Lipinski definition) is 3. The van der Waals surface area contributed by atoms with Gasteiger partial charge < -0.3 is 15.4 Å². The lowest BCUT2D eigenvalue weighted by Gasteiger charge is -2.06. The predicted molar refractivity (Wildman–Crippen MR) is 71.0 cm³/mol. The summed E-state index contributed by atoms with van der Waals surface area (Å²) in [6, 6.07) is 5.95. The number of ether oxygens (including phenoxy) is 1. The van der Waals surface area contributed by atoms with Gasteiger partial charge in [0.2, 0.25) is 5.91 Å². The summed E-state index contributed by atoms with van der Waals surface area (Å²) >= 11 is 0. The Morgan fingerprint density at radius 3 is 3.12 bits per heavy atom. The molecule has 0 bridgehead atoms. The van der Waals surface area contributed by atoms with Crippen molar-refractivity contribution in [3.63, 3.8) is 0 Å². The van der Waals surface area contributed by atoms with Crippen LogP contribution < -0.4 is 10.6 Å². The maximum absolute atomic E-state index is 11.5. The van der Waals surface area contributed by atoms with Gasteiger partial charge in [0.1, 0.15) is 0 Å². The van der Waals surface area contributed by atoms with Crippen molar-refractivity contribution in [1.82, 2.24) is 0 Å². The van der Waals surface area contributed by atoms with Gasteiger partial charge in [0.15, 0.2) is 0 Å². The summed E-state index contributed by atoms with van der Waals surface area (Å²) in [6.07, 6.45) is 1.42. The van der Waals surface area contributed by atoms with Gasteiger partial charge in [-0.05, 0) is 30.2 Å². The third-order valence-corrected chi connectivity index (χ3v) is 2.63. The lowest BCUT2D eigenvalue weighted by atomic mass is 10.1. The van der Waals surface area contributed by atoms with Crippen molar-refractivity contribution in [1.29, 1.82) is 0 Å². The number of methoxy groups -OCH3 is 1. The lowest BCUT2D eigenvalue weighted by molar-refractivity contribution is -0.117. The van der Waals surface area contributed by atoms with Crippen LogP contribution in [0.2, 0.25) is 0 Å². The number of carbonyl (C=O) groups excluding carboxylic acids is 1. The van der Waals surface area contributed by atoms with Crippen LogP contribution in [-0.2, 0) is 16.0 Å². The van der Waals surface area contributed by atoms with E-state index in [1.54, 1.807) is 7.11 Å². The summed E-state index contributed by atoms with van der Waals surface area (Å²) in [5, 5.41) is 6.14. The van der Waals surface area contributed by atoms with Crippen molar-refractivity contribution in [3.8, 4) is 0 Å². The lowest BCUT2D eigenvalue weighted by Crippen LogP contribution is -2.13. The van der Waals surface area contributed by atoms with Gasteiger partial charge in [-0.1, -0.05) is 0 Å². The molecule has 0 saturated heterocycles. The maximum atomic E-state index is 11.5. The number of hydrogen-bond donors (Lipinski definition) is 2. The molecule has 0 atom stereocenters. The Balaban J connectivity index is 0.00000144. The molecule has 0 aromatic heterocycles. The SMILES string of the molecule is COCCC(=O)Nc1ccc2c(c1)CCN2.Cl. The Morgan fingerprint density at radius 1 is 1.53 bits per heavy atom. The van der Waals surface area contributed by atoms with Gasteiger partial charge >= 0.3 is 0 Å². The van der Waals surface area contributed by atoms with Crippen molar-refractivity contribution in [3.05, 3.63) is 23.8 Å². The summed E-state index contributed by atoms with van der Waals surface area (Å²) in [5.74, 6) is -0.00671. The summed E-state index contributed by atoms with van der Waals surface area (Å²) in [6.45, 7) is 1.44. The molecule has 0 fully saturated rings. The molecule has 1 aromatic carbocycles. The second-order valence-electron chi connectivity index (χ2n) is 3.84. The first-order valence-electron chi connectivity index (χ1n) is 5.45. The Labute approximate surface area is 107 Å². The van der Waals surface area contributed by atoms with Crippen LogP contribution in [0.1, 0.15) is 12.0 Å². The highest BCUT2D eigenvalue weighted by Gasteiger charge is 2.10. The molecule has 0 radical (unpaired) electrons. The van der Waals surface area contributed by atoms with E-state index in [9.17, 15) is 4.79 Å². The van der Waals surface area contributed by atoms with E-state index in [-0.39, 0.29) is 18.3 Å². The van der Waals surface area contributed by atoms with Crippen LogP contribution in [0.3, 0.4) is 0 Å². The molecule has 2 rings (SSSR count). The Morgan fingerprint density at radius 2 is 2.35 bits per heavy atom. The van der Waals surface area contributed by atoms with E-state index >= 15 is 0 Å². The van der Waals surface area contributed by atoms with Crippen LogP contribution >= 0.6 is 12.4 Å². The minimum absolute atomic E-state index is 0. The molecule has 1 aromatic rings. The largest absolute Gasteiger partial charge is 0.384 e. The molecule has 0 unspecified atom stereocenters. The molecular formula is C12H17ClN2O2. The molecule has 1 amide bonds. The molecule has 1 aliphatic heterocycles. The minimum atomic E-state index is -0.00671. The normalized spacial score (nSPS) is 12.3. The first-order chi connectivity index (χ1) is 7.79. The summed E-state index contributed by atoms with van der Waals surface area (Å²) < 4.78 is 4.85. The molecule has 0 aliphatic carbocycles. The average molecular weight is 257 g/mol. The second-order valence-corrected chi connectivity index (χ2v) is 3.84. The quantitative estimate of drug-likeness (QED) is 0.867. The van der Waals surface area contributed by atoms with Crippen LogP contribution in [0.25, 0.3) is 0 Å². The van der Waals surface area contributed by atoms with Gasteiger partial charge in [-0.25, -0.2) is 0 Å². The molecule has 5 heteroatoms. The number of nitrogens with one attached hydrogen (secondary N) is 2. The van der Waals surface area contributed by atoms with Gasteiger partial charge in [0.25, 0.3) is 0 Å². The summed E-state index contributed by atoms with van der Waals surface area (Å²) in [7, 11) is 1.59. The van der Waals surface area contributed by atoms with Crippen LogP contribution in [0.5, 0.6) is 0 Å². The molecule has 17 heavy (non-hydrogen) atoms. The molecule has 0 saturated carbocycles. The van der Waals surface area contributed by atoms with Crippen molar-refractivity contribution in [2.24, 2.45) is 0 Å². The van der Waals surface area contributed by atoms with E-state index in [0.717, 1.165) is 18.7 Å². The van der Waals surface area contributed by atoms with Gasteiger partial charge in [-0.15, -0.1) is 12.4 Å².